The number of nitro groups is 1. The first-order chi connectivity index (χ1) is 8.11. The molecule has 4 nitrogen and oxygen atoms in total. The molecule has 4 heteroatoms. The average Bonchev–Trinajstić information content (AvgIpc) is 2.74. The number of hydrogen-bond acceptors (Lipinski definition) is 3. The van der Waals surface area contributed by atoms with E-state index in [1.807, 2.05) is 6.07 Å². The first-order valence-corrected chi connectivity index (χ1v) is 6.08. The van der Waals surface area contributed by atoms with Crippen molar-refractivity contribution in [1.82, 2.24) is 0 Å². The van der Waals surface area contributed by atoms with E-state index >= 15 is 0 Å². The predicted octanol–water partition coefficient (Wildman–Crippen LogP) is 3.59. The maximum Gasteiger partial charge on any atom is 0.292 e. The van der Waals surface area contributed by atoms with Crippen molar-refractivity contribution in [2.75, 3.05) is 11.9 Å². The van der Waals surface area contributed by atoms with E-state index in [0.29, 0.717) is 11.1 Å². The van der Waals surface area contributed by atoms with Crippen molar-refractivity contribution in [2.24, 2.45) is 5.41 Å². The second-order valence-corrected chi connectivity index (χ2v) is 5.15. The molecule has 1 aromatic carbocycles. The maximum atomic E-state index is 10.9. The Hall–Kier alpha value is -1.58. The third kappa shape index (κ3) is 2.75. The molecule has 2 rings (SSSR count). The van der Waals surface area contributed by atoms with Gasteiger partial charge in [-0.3, -0.25) is 10.1 Å². The summed E-state index contributed by atoms with van der Waals surface area (Å²) in [6.07, 6.45) is 4.96. The normalized spacial score (nSPS) is 17.9. The summed E-state index contributed by atoms with van der Waals surface area (Å²) >= 11 is 0. The smallest absolute Gasteiger partial charge is 0.292 e. The van der Waals surface area contributed by atoms with Crippen LogP contribution in [0, 0.1) is 15.5 Å². The van der Waals surface area contributed by atoms with Gasteiger partial charge in [0.25, 0.3) is 5.69 Å². The number of nitrogens with one attached hydrogen (secondary N) is 1. The largest absolute Gasteiger partial charge is 0.379 e. The molecule has 1 aromatic rings. The molecule has 0 unspecified atom stereocenters. The minimum atomic E-state index is -0.334. The lowest BCUT2D eigenvalue weighted by atomic mass is 9.89. The number of nitro benzene ring substituents is 1. The Bertz CT molecular complexity index is 412. The molecule has 0 aliphatic heterocycles. The summed E-state index contributed by atoms with van der Waals surface area (Å²) in [7, 11) is 0. The second-order valence-electron chi connectivity index (χ2n) is 5.15. The van der Waals surface area contributed by atoms with Gasteiger partial charge < -0.3 is 5.32 Å². The lowest BCUT2D eigenvalue weighted by Crippen LogP contribution is -2.23. The lowest BCUT2D eigenvalue weighted by molar-refractivity contribution is -0.384. The van der Waals surface area contributed by atoms with Gasteiger partial charge in [-0.25, -0.2) is 0 Å². The van der Waals surface area contributed by atoms with Crippen LogP contribution in [0.5, 0.6) is 0 Å². The van der Waals surface area contributed by atoms with Crippen molar-refractivity contribution in [3.8, 4) is 0 Å². The van der Waals surface area contributed by atoms with Crippen LogP contribution in [0.4, 0.5) is 11.4 Å². The molecule has 1 fully saturated rings. The van der Waals surface area contributed by atoms with Crippen LogP contribution in [0.15, 0.2) is 24.3 Å². The summed E-state index contributed by atoms with van der Waals surface area (Å²) in [6, 6.07) is 6.84. The third-order valence-electron chi connectivity index (χ3n) is 3.62. The van der Waals surface area contributed by atoms with E-state index in [4.69, 9.17) is 0 Å². The molecule has 1 N–H and O–H groups in total. The average molecular weight is 234 g/mol. The van der Waals surface area contributed by atoms with Crippen molar-refractivity contribution < 1.29 is 4.92 Å². The standard InChI is InChI=1S/C13H18N2O2/c1-13(8-4-5-9-13)10-14-11-6-2-3-7-12(11)15(16)17/h2-3,6-7,14H,4-5,8-10H2,1H3. The summed E-state index contributed by atoms with van der Waals surface area (Å²) < 4.78 is 0. The van der Waals surface area contributed by atoms with Crippen LogP contribution in [-0.2, 0) is 0 Å². The van der Waals surface area contributed by atoms with Crippen LogP contribution < -0.4 is 5.32 Å². The Kier molecular flexibility index (Phi) is 3.31. The predicted molar refractivity (Wildman–Crippen MR) is 68.2 cm³/mol. The van der Waals surface area contributed by atoms with Crippen molar-refractivity contribution in [1.29, 1.82) is 0 Å². The van der Waals surface area contributed by atoms with Gasteiger partial charge in [0.1, 0.15) is 5.69 Å². The topological polar surface area (TPSA) is 55.2 Å². The number of anilines is 1. The molecule has 92 valence electrons. The zero-order valence-corrected chi connectivity index (χ0v) is 10.1. The Morgan fingerprint density at radius 1 is 1.35 bits per heavy atom. The van der Waals surface area contributed by atoms with Gasteiger partial charge in [0.15, 0.2) is 0 Å². The first-order valence-electron chi connectivity index (χ1n) is 6.08. The van der Waals surface area contributed by atoms with E-state index in [1.165, 1.54) is 25.7 Å². The molecule has 0 atom stereocenters. The fourth-order valence-corrected chi connectivity index (χ4v) is 2.50. The summed E-state index contributed by atoms with van der Waals surface area (Å²) in [5.41, 5.74) is 1.09. The van der Waals surface area contributed by atoms with Gasteiger partial charge in [-0.05, 0) is 24.3 Å². The van der Waals surface area contributed by atoms with Crippen molar-refractivity contribution in [2.45, 2.75) is 32.6 Å². The van der Waals surface area contributed by atoms with Crippen molar-refractivity contribution in [3.63, 3.8) is 0 Å². The molecule has 17 heavy (non-hydrogen) atoms. The van der Waals surface area contributed by atoms with E-state index in [0.717, 1.165) is 6.54 Å². The van der Waals surface area contributed by atoms with Crippen LogP contribution in [-0.4, -0.2) is 11.5 Å². The highest BCUT2D eigenvalue weighted by atomic mass is 16.6. The van der Waals surface area contributed by atoms with Gasteiger partial charge >= 0.3 is 0 Å². The number of hydrogen-bond donors (Lipinski definition) is 1. The Labute approximate surface area is 101 Å². The van der Waals surface area contributed by atoms with E-state index in [9.17, 15) is 10.1 Å². The Morgan fingerprint density at radius 3 is 2.65 bits per heavy atom. The molecule has 0 radical (unpaired) electrons. The van der Waals surface area contributed by atoms with Crippen LogP contribution in [0.2, 0.25) is 0 Å². The molecule has 0 bridgehead atoms. The van der Waals surface area contributed by atoms with Crippen LogP contribution in [0.1, 0.15) is 32.6 Å². The lowest BCUT2D eigenvalue weighted by Gasteiger charge is -2.24. The maximum absolute atomic E-state index is 10.9. The first kappa shape index (κ1) is 11.9. The second kappa shape index (κ2) is 4.73. The van der Waals surface area contributed by atoms with Gasteiger partial charge in [0.2, 0.25) is 0 Å². The zero-order chi connectivity index (χ0) is 12.3. The van der Waals surface area contributed by atoms with Crippen molar-refractivity contribution in [3.05, 3.63) is 34.4 Å². The van der Waals surface area contributed by atoms with Crippen LogP contribution in [0.25, 0.3) is 0 Å². The number of rotatable bonds is 4. The third-order valence-corrected chi connectivity index (χ3v) is 3.62. The molecule has 1 saturated carbocycles. The molecular weight excluding hydrogens is 216 g/mol. The van der Waals surface area contributed by atoms with Gasteiger partial charge in [-0.15, -0.1) is 0 Å². The minimum absolute atomic E-state index is 0.161. The van der Waals surface area contributed by atoms with Gasteiger partial charge in [-0.1, -0.05) is 31.9 Å². The Morgan fingerprint density at radius 2 is 2.00 bits per heavy atom. The molecule has 0 aromatic heterocycles. The molecule has 0 amide bonds. The molecule has 0 spiro atoms. The van der Waals surface area contributed by atoms with E-state index < -0.39 is 0 Å². The quantitative estimate of drug-likeness (QED) is 0.639. The molecular formula is C13H18N2O2. The Balaban J connectivity index is 2.06. The summed E-state index contributed by atoms with van der Waals surface area (Å²) in [4.78, 5) is 10.5. The molecule has 1 aliphatic rings. The SMILES string of the molecule is CC1(CNc2ccccc2[N+](=O)[O-])CCCC1. The minimum Gasteiger partial charge on any atom is -0.379 e. The highest BCUT2D eigenvalue weighted by Crippen LogP contribution is 2.38. The monoisotopic (exact) mass is 234 g/mol. The number of para-hydroxylation sites is 2. The fourth-order valence-electron chi connectivity index (χ4n) is 2.50. The number of benzene rings is 1. The molecule has 1 aliphatic carbocycles. The van der Waals surface area contributed by atoms with E-state index in [-0.39, 0.29) is 10.6 Å². The van der Waals surface area contributed by atoms with Crippen LogP contribution in [0.3, 0.4) is 0 Å². The zero-order valence-electron chi connectivity index (χ0n) is 10.1. The summed E-state index contributed by atoms with van der Waals surface area (Å²) in [6.45, 7) is 3.07. The van der Waals surface area contributed by atoms with Gasteiger partial charge in [0, 0.05) is 12.6 Å². The van der Waals surface area contributed by atoms with Crippen molar-refractivity contribution >= 4 is 11.4 Å². The van der Waals surface area contributed by atoms with E-state index in [1.54, 1.807) is 18.2 Å². The molecule has 0 heterocycles. The summed E-state index contributed by atoms with van der Waals surface area (Å²) in [5, 5.41) is 14.1. The van der Waals surface area contributed by atoms with Gasteiger partial charge in [0.05, 0.1) is 4.92 Å². The summed E-state index contributed by atoms with van der Waals surface area (Å²) in [5.74, 6) is 0. The van der Waals surface area contributed by atoms with Crippen LogP contribution >= 0.6 is 0 Å². The molecule has 0 saturated heterocycles. The van der Waals surface area contributed by atoms with Gasteiger partial charge in [-0.2, -0.15) is 0 Å². The fraction of sp³-hybridized carbons (Fsp3) is 0.538. The highest BCUT2D eigenvalue weighted by Gasteiger charge is 2.28. The highest BCUT2D eigenvalue weighted by molar-refractivity contribution is 5.61. The van der Waals surface area contributed by atoms with E-state index in [2.05, 4.69) is 12.2 Å². The number of nitrogens with zero attached hydrogens (tertiary/aromatic N) is 1.